The fraction of sp³-hybridized carbons (Fsp3) is 0.316. The summed E-state index contributed by atoms with van der Waals surface area (Å²) in [7, 11) is -2.80. The largest absolute Gasteiger partial charge is 0.465 e. The Balaban J connectivity index is 1.81. The third-order valence-corrected chi connectivity index (χ3v) is 6.87. The predicted molar refractivity (Wildman–Crippen MR) is 107 cm³/mol. The molecule has 0 amide bonds. The quantitative estimate of drug-likeness (QED) is 0.373. The van der Waals surface area contributed by atoms with E-state index in [9.17, 15) is 36.5 Å². The Bertz CT molecular complexity index is 1150. The molecule has 0 bridgehead atoms. The zero-order valence-electron chi connectivity index (χ0n) is 16.7. The van der Waals surface area contributed by atoms with Crippen molar-refractivity contribution in [1.29, 1.82) is 0 Å². The number of esters is 1. The van der Waals surface area contributed by atoms with Crippen LogP contribution in [-0.4, -0.2) is 56.9 Å². The molecule has 0 spiro atoms. The lowest BCUT2D eigenvalue weighted by atomic mass is 10.1. The maximum atomic E-state index is 12.9. The van der Waals surface area contributed by atoms with Gasteiger partial charge >= 0.3 is 12.1 Å². The average Bonchev–Trinajstić information content (AvgIpc) is 2.77. The highest BCUT2D eigenvalue weighted by molar-refractivity contribution is 7.89. The van der Waals surface area contributed by atoms with Gasteiger partial charge in [0.05, 0.1) is 28.1 Å². The van der Waals surface area contributed by atoms with Gasteiger partial charge in [0.2, 0.25) is 10.0 Å². The molecule has 1 aliphatic heterocycles. The first-order valence-electron chi connectivity index (χ1n) is 9.24. The Kier molecular flexibility index (Phi) is 6.41. The number of sulfonamides is 1. The van der Waals surface area contributed by atoms with E-state index < -0.39 is 38.3 Å². The molecule has 0 aliphatic carbocycles. The first-order valence-corrected chi connectivity index (χ1v) is 10.7. The number of methoxy groups -OCH3 is 1. The van der Waals surface area contributed by atoms with E-state index in [2.05, 4.69) is 4.74 Å². The molecule has 0 aromatic heterocycles. The number of piperazine rings is 1. The van der Waals surface area contributed by atoms with Crippen molar-refractivity contribution in [2.24, 2.45) is 0 Å². The van der Waals surface area contributed by atoms with Gasteiger partial charge in [-0.1, -0.05) is 6.07 Å². The van der Waals surface area contributed by atoms with Crippen molar-refractivity contribution >= 4 is 27.4 Å². The standard InChI is InChI=1S/C19H18F3N3O6S/c1-31-18(26)13-3-2-4-15(11-13)32(29,30)24-9-7-23(8-10-24)16-6-5-14(19(20,21)22)12-17(16)25(27)28/h2-6,11-12H,7-10H2,1H3. The van der Waals surface area contributed by atoms with Crippen LogP contribution in [0.15, 0.2) is 47.4 Å². The number of nitro benzene ring substituents is 1. The van der Waals surface area contributed by atoms with Crippen molar-refractivity contribution in [1.82, 2.24) is 4.31 Å². The van der Waals surface area contributed by atoms with Crippen LogP contribution in [0, 0.1) is 10.1 Å². The summed E-state index contributed by atoms with van der Waals surface area (Å²) >= 11 is 0. The number of ether oxygens (including phenoxy) is 1. The van der Waals surface area contributed by atoms with E-state index in [-0.39, 0.29) is 42.3 Å². The number of carbonyl (C=O) groups is 1. The summed E-state index contributed by atoms with van der Waals surface area (Å²) in [6.07, 6.45) is -4.73. The molecule has 32 heavy (non-hydrogen) atoms. The SMILES string of the molecule is COC(=O)c1cccc(S(=O)(=O)N2CCN(c3ccc(C(F)(F)F)cc3[N+](=O)[O-])CC2)c1. The minimum atomic E-state index is -4.73. The lowest BCUT2D eigenvalue weighted by Gasteiger charge is -2.35. The lowest BCUT2D eigenvalue weighted by molar-refractivity contribution is -0.384. The Morgan fingerprint density at radius 1 is 1.09 bits per heavy atom. The molecule has 172 valence electrons. The number of alkyl halides is 3. The van der Waals surface area contributed by atoms with Crippen LogP contribution in [0.3, 0.4) is 0 Å². The van der Waals surface area contributed by atoms with E-state index in [1.807, 2.05) is 0 Å². The van der Waals surface area contributed by atoms with Crippen LogP contribution in [0.2, 0.25) is 0 Å². The molecule has 0 atom stereocenters. The topological polar surface area (TPSA) is 110 Å². The summed E-state index contributed by atoms with van der Waals surface area (Å²) in [6, 6.07) is 7.57. The summed E-state index contributed by atoms with van der Waals surface area (Å²) in [6.45, 7) is -0.0455. The van der Waals surface area contributed by atoms with Crippen LogP contribution in [0.25, 0.3) is 0 Å². The molecule has 9 nitrogen and oxygen atoms in total. The second-order valence-electron chi connectivity index (χ2n) is 6.87. The summed E-state index contributed by atoms with van der Waals surface area (Å²) in [5, 5.41) is 11.3. The average molecular weight is 473 g/mol. The number of nitrogens with zero attached hydrogens (tertiary/aromatic N) is 3. The van der Waals surface area contributed by atoms with Crippen molar-refractivity contribution in [3.05, 3.63) is 63.7 Å². The highest BCUT2D eigenvalue weighted by Crippen LogP contribution is 2.37. The van der Waals surface area contributed by atoms with Gasteiger partial charge in [0, 0.05) is 32.2 Å². The summed E-state index contributed by atoms with van der Waals surface area (Å²) in [5.41, 5.74) is -1.80. The van der Waals surface area contributed by atoms with E-state index >= 15 is 0 Å². The second kappa shape index (κ2) is 8.74. The maximum Gasteiger partial charge on any atom is 0.416 e. The summed E-state index contributed by atoms with van der Waals surface area (Å²) in [4.78, 5) is 23.5. The minimum Gasteiger partial charge on any atom is -0.465 e. The minimum absolute atomic E-state index is 0.0206. The molecular weight excluding hydrogens is 455 g/mol. The predicted octanol–water partition coefficient (Wildman–Crippen LogP) is 2.91. The molecule has 1 saturated heterocycles. The van der Waals surface area contributed by atoms with Gasteiger partial charge in [-0.05, 0) is 30.3 Å². The number of carbonyl (C=O) groups excluding carboxylic acids is 1. The normalized spacial score (nSPS) is 15.4. The first kappa shape index (κ1) is 23.5. The molecular formula is C19H18F3N3O6S. The Morgan fingerprint density at radius 3 is 2.31 bits per heavy atom. The number of halogens is 3. The monoisotopic (exact) mass is 473 g/mol. The van der Waals surface area contributed by atoms with Crippen molar-refractivity contribution in [3.8, 4) is 0 Å². The Morgan fingerprint density at radius 2 is 1.75 bits per heavy atom. The molecule has 0 unspecified atom stereocenters. The molecule has 1 heterocycles. The van der Waals surface area contributed by atoms with E-state index in [4.69, 9.17) is 0 Å². The fourth-order valence-electron chi connectivity index (χ4n) is 3.33. The van der Waals surface area contributed by atoms with Gasteiger partial charge in [-0.2, -0.15) is 17.5 Å². The van der Waals surface area contributed by atoms with Gasteiger partial charge in [-0.15, -0.1) is 0 Å². The first-order chi connectivity index (χ1) is 14.9. The smallest absolute Gasteiger partial charge is 0.416 e. The van der Waals surface area contributed by atoms with Gasteiger partial charge in [-0.25, -0.2) is 13.2 Å². The van der Waals surface area contributed by atoms with Gasteiger partial charge in [-0.3, -0.25) is 10.1 Å². The van der Waals surface area contributed by atoms with Crippen molar-refractivity contribution in [2.45, 2.75) is 11.1 Å². The number of rotatable bonds is 5. The van der Waals surface area contributed by atoms with Crippen LogP contribution in [0.1, 0.15) is 15.9 Å². The van der Waals surface area contributed by atoms with Crippen LogP contribution in [-0.2, 0) is 20.9 Å². The zero-order valence-corrected chi connectivity index (χ0v) is 17.5. The van der Waals surface area contributed by atoms with Gasteiger partial charge in [0.15, 0.2) is 0 Å². The van der Waals surface area contributed by atoms with Gasteiger partial charge in [0.25, 0.3) is 5.69 Å². The molecule has 3 rings (SSSR count). The van der Waals surface area contributed by atoms with Gasteiger partial charge < -0.3 is 9.64 Å². The van der Waals surface area contributed by atoms with Crippen LogP contribution >= 0.6 is 0 Å². The number of anilines is 1. The van der Waals surface area contributed by atoms with Crippen molar-refractivity contribution < 1.29 is 36.0 Å². The van der Waals surface area contributed by atoms with Gasteiger partial charge in [0.1, 0.15) is 5.69 Å². The highest BCUT2D eigenvalue weighted by atomic mass is 32.2. The highest BCUT2D eigenvalue weighted by Gasteiger charge is 2.35. The number of hydrogen-bond acceptors (Lipinski definition) is 7. The van der Waals surface area contributed by atoms with E-state index in [0.717, 1.165) is 16.4 Å². The second-order valence-corrected chi connectivity index (χ2v) is 8.81. The van der Waals surface area contributed by atoms with E-state index in [1.54, 1.807) is 0 Å². The lowest BCUT2D eigenvalue weighted by Crippen LogP contribution is -2.48. The number of hydrogen-bond donors (Lipinski definition) is 0. The van der Waals surface area contributed by atoms with Crippen molar-refractivity contribution in [2.75, 3.05) is 38.2 Å². The fourth-order valence-corrected chi connectivity index (χ4v) is 4.80. The number of benzene rings is 2. The van der Waals surface area contributed by atoms with Crippen molar-refractivity contribution in [3.63, 3.8) is 0 Å². The molecule has 0 radical (unpaired) electrons. The van der Waals surface area contributed by atoms with Crippen LogP contribution in [0.4, 0.5) is 24.5 Å². The third-order valence-electron chi connectivity index (χ3n) is 4.97. The maximum absolute atomic E-state index is 12.9. The summed E-state index contributed by atoms with van der Waals surface area (Å²) < 4.78 is 70.4. The molecule has 1 fully saturated rings. The molecule has 2 aromatic rings. The molecule has 1 aliphatic rings. The zero-order chi connectivity index (χ0) is 23.7. The van der Waals surface area contributed by atoms with Crippen LogP contribution in [0.5, 0.6) is 0 Å². The third kappa shape index (κ3) is 4.67. The molecule has 2 aromatic carbocycles. The van der Waals surface area contributed by atoms with Crippen LogP contribution < -0.4 is 4.90 Å². The Labute approximate surface area is 181 Å². The Hall–Kier alpha value is -3.19. The molecule has 0 N–H and O–H groups in total. The van der Waals surface area contributed by atoms with E-state index in [1.165, 1.54) is 36.3 Å². The number of nitro groups is 1. The van der Waals surface area contributed by atoms with E-state index in [0.29, 0.717) is 6.07 Å². The molecule has 0 saturated carbocycles. The molecule has 13 heteroatoms. The summed E-state index contributed by atoms with van der Waals surface area (Å²) in [5.74, 6) is -0.693.